The average Bonchev–Trinajstić information content (AvgIpc) is 3.22. The second-order valence-electron chi connectivity index (χ2n) is 7.67. The second kappa shape index (κ2) is 10.2. The first-order valence-corrected chi connectivity index (χ1v) is 10.7. The summed E-state index contributed by atoms with van der Waals surface area (Å²) in [7, 11) is 0. The van der Waals surface area contributed by atoms with E-state index in [0.29, 0.717) is 10.2 Å². The third-order valence-corrected chi connectivity index (χ3v) is 5.37. The van der Waals surface area contributed by atoms with E-state index in [4.69, 9.17) is 4.74 Å². The number of aromatic nitrogens is 2. The van der Waals surface area contributed by atoms with Crippen LogP contribution >= 0.6 is 0 Å². The van der Waals surface area contributed by atoms with E-state index in [1.54, 1.807) is 0 Å². The fourth-order valence-electron chi connectivity index (χ4n) is 3.82. The van der Waals surface area contributed by atoms with Crippen LogP contribution in [0.3, 0.4) is 0 Å². The van der Waals surface area contributed by atoms with E-state index in [-0.39, 0.29) is 24.2 Å². The van der Waals surface area contributed by atoms with Gasteiger partial charge in [0.05, 0.1) is 18.5 Å². The topological polar surface area (TPSA) is 76.5 Å². The fraction of sp³-hybridized carbons (Fsp3) is 0.500. The molecule has 3 rings (SSSR count). The highest BCUT2D eigenvalue weighted by Gasteiger charge is 2.41. The molecule has 1 aromatic heterocycles. The quantitative estimate of drug-likeness (QED) is 0.649. The van der Waals surface area contributed by atoms with Crippen LogP contribution in [0, 0.1) is 0 Å². The van der Waals surface area contributed by atoms with Crippen molar-refractivity contribution in [3.05, 3.63) is 47.3 Å². The maximum Gasteiger partial charge on any atom is 0.434 e. The summed E-state index contributed by atoms with van der Waals surface area (Å²) < 4.78 is 46.3. The molecule has 1 aliphatic rings. The van der Waals surface area contributed by atoms with Crippen molar-refractivity contribution in [1.29, 1.82) is 0 Å². The predicted octanol–water partition coefficient (Wildman–Crippen LogP) is 3.67. The number of nitrogens with zero attached hydrogens (tertiary/aromatic N) is 3. The van der Waals surface area contributed by atoms with Crippen LogP contribution in [0.2, 0.25) is 0 Å². The third-order valence-electron chi connectivity index (χ3n) is 5.37. The summed E-state index contributed by atoms with van der Waals surface area (Å²) in [6, 6.07) is 5.71. The Morgan fingerprint density at radius 1 is 1.16 bits per heavy atom. The minimum Gasteiger partial charge on any atom is -0.462 e. The molecule has 7 nitrogen and oxygen atoms in total. The number of ether oxygens (including phenoxy) is 1. The molecule has 0 unspecified atom stereocenters. The summed E-state index contributed by atoms with van der Waals surface area (Å²) in [4.78, 5) is 26.9. The number of alkyl halides is 3. The van der Waals surface area contributed by atoms with Crippen molar-refractivity contribution in [3.8, 4) is 5.69 Å². The molecule has 0 atom stereocenters. The van der Waals surface area contributed by atoms with Gasteiger partial charge in [0.1, 0.15) is 5.56 Å². The summed E-state index contributed by atoms with van der Waals surface area (Å²) in [5.74, 6) is -1.36. The Bertz CT molecular complexity index is 933. The molecule has 174 valence electrons. The molecule has 0 bridgehead atoms. The van der Waals surface area contributed by atoms with E-state index in [1.165, 1.54) is 31.2 Å². The molecule has 1 fully saturated rings. The van der Waals surface area contributed by atoms with Crippen molar-refractivity contribution >= 4 is 11.9 Å². The number of piperidine rings is 1. The van der Waals surface area contributed by atoms with Crippen LogP contribution in [0.15, 0.2) is 30.5 Å². The Kier molecular flexibility index (Phi) is 7.55. The lowest BCUT2D eigenvalue weighted by Gasteiger charge is -2.32. The van der Waals surface area contributed by atoms with E-state index in [0.717, 1.165) is 45.1 Å². The average molecular weight is 452 g/mol. The standard InChI is InChI=1S/C22H27F3N4O3/c1-3-11-28-12-9-16(10-13-28)27-20(30)15-5-7-17(8-6-15)29-19(22(23,24)25)18(14-26-29)21(31)32-4-2/h5-8,14,16H,3-4,9-13H2,1-2H3,(H,27,30). The molecule has 1 amide bonds. The number of esters is 1. The van der Waals surface area contributed by atoms with Crippen molar-refractivity contribution in [1.82, 2.24) is 20.0 Å². The lowest BCUT2D eigenvalue weighted by Crippen LogP contribution is -2.44. The lowest BCUT2D eigenvalue weighted by atomic mass is 10.0. The van der Waals surface area contributed by atoms with Crippen molar-refractivity contribution in [3.63, 3.8) is 0 Å². The van der Waals surface area contributed by atoms with Gasteiger partial charge < -0.3 is 15.0 Å². The number of halogens is 3. The summed E-state index contributed by atoms with van der Waals surface area (Å²) in [6.07, 6.45) is -1.16. The normalized spacial score (nSPS) is 15.5. The first-order valence-electron chi connectivity index (χ1n) is 10.7. The number of hydrogen-bond donors (Lipinski definition) is 1. The van der Waals surface area contributed by atoms with Gasteiger partial charge in [0, 0.05) is 24.7 Å². The van der Waals surface area contributed by atoms with Gasteiger partial charge in [-0.05, 0) is 57.0 Å². The Morgan fingerprint density at radius 3 is 2.38 bits per heavy atom. The molecule has 0 aliphatic carbocycles. The SMILES string of the molecule is CCCN1CCC(NC(=O)c2ccc(-n3ncc(C(=O)OCC)c3C(F)(F)F)cc2)CC1. The number of amides is 1. The number of carbonyl (C=O) groups is 2. The zero-order valence-corrected chi connectivity index (χ0v) is 18.1. The number of hydrogen-bond acceptors (Lipinski definition) is 5. The van der Waals surface area contributed by atoms with Gasteiger partial charge in [0.15, 0.2) is 5.69 Å². The van der Waals surface area contributed by atoms with Gasteiger partial charge in [-0.15, -0.1) is 0 Å². The van der Waals surface area contributed by atoms with Gasteiger partial charge in [0.25, 0.3) is 5.91 Å². The molecule has 1 aliphatic heterocycles. The number of likely N-dealkylation sites (tertiary alicyclic amines) is 1. The zero-order valence-electron chi connectivity index (χ0n) is 18.1. The van der Waals surface area contributed by atoms with Gasteiger partial charge in [-0.3, -0.25) is 4.79 Å². The van der Waals surface area contributed by atoms with Gasteiger partial charge in [-0.25, -0.2) is 9.48 Å². The monoisotopic (exact) mass is 452 g/mol. The fourth-order valence-corrected chi connectivity index (χ4v) is 3.82. The highest BCUT2D eigenvalue weighted by atomic mass is 19.4. The number of carbonyl (C=O) groups excluding carboxylic acids is 2. The maximum atomic E-state index is 13.6. The summed E-state index contributed by atoms with van der Waals surface area (Å²) in [6.45, 7) is 6.50. The van der Waals surface area contributed by atoms with Crippen LogP contribution in [0.4, 0.5) is 13.2 Å². The molecule has 0 saturated carbocycles. The van der Waals surface area contributed by atoms with Gasteiger partial charge in [-0.1, -0.05) is 6.92 Å². The minimum absolute atomic E-state index is 0.0528. The van der Waals surface area contributed by atoms with E-state index in [1.807, 2.05) is 0 Å². The summed E-state index contributed by atoms with van der Waals surface area (Å²) >= 11 is 0. The molecular formula is C22H27F3N4O3. The van der Waals surface area contributed by atoms with Gasteiger partial charge in [-0.2, -0.15) is 18.3 Å². The van der Waals surface area contributed by atoms with Crippen molar-refractivity contribution in [2.75, 3.05) is 26.2 Å². The Balaban J connectivity index is 1.73. The van der Waals surface area contributed by atoms with Crippen LogP contribution in [0.5, 0.6) is 0 Å². The number of nitrogens with one attached hydrogen (secondary N) is 1. The number of benzene rings is 1. The first kappa shape index (κ1) is 23.8. The Labute approximate surface area is 184 Å². The van der Waals surface area contributed by atoms with Gasteiger partial charge >= 0.3 is 12.1 Å². The molecule has 2 aromatic rings. The van der Waals surface area contributed by atoms with Crippen molar-refractivity contribution in [2.45, 2.75) is 45.3 Å². The van der Waals surface area contributed by atoms with Crippen molar-refractivity contribution in [2.24, 2.45) is 0 Å². The van der Waals surface area contributed by atoms with Crippen LogP contribution in [0.25, 0.3) is 5.69 Å². The molecule has 1 N–H and O–H groups in total. The van der Waals surface area contributed by atoms with E-state index < -0.39 is 23.4 Å². The number of rotatable bonds is 7. The van der Waals surface area contributed by atoms with E-state index >= 15 is 0 Å². The minimum atomic E-state index is -4.82. The van der Waals surface area contributed by atoms with Crippen molar-refractivity contribution < 1.29 is 27.5 Å². The largest absolute Gasteiger partial charge is 0.462 e. The summed E-state index contributed by atoms with van der Waals surface area (Å²) in [5, 5.41) is 6.73. The molecule has 32 heavy (non-hydrogen) atoms. The highest BCUT2D eigenvalue weighted by Crippen LogP contribution is 2.34. The molecular weight excluding hydrogens is 425 g/mol. The summed E-state index contributed by atoms with van der Waals surface area (Å²) in [5.41, 5.74) is -1.45. The predicted molar refractivity (Wildman–Crippen MR) is 112 cm³/mol. The molecule has 1 aromatic carbocycles. The van der Waals surface area contributed by atoms with Gasteiger partial charge in [0.2, 0.25) is 0 Å². The molecule has 2 heterocycles. The highest BCUT2D eigenvalue weighted by molar-refractivity contribution is 5.94. The molecule has 1 saturated heterocycles. The smallest absolute Gasteiger partial charge is 0.434 e. The van der Waals surface area contributed by atoms with E-state index in [2.05, 4.69) is 22.2 Å². The van der Waals surface area contributed by atoms with Crippen LogP contribution in [-0.4, -0.2) is 58.8 Å². The zero-order chi connectivity index (χ0) is 23.3. The van der Waals surface area contributed by atoms with E-state index in [9.17, 15) is 22.8 Å². The first-order chi connectivity index (χ1) is 15.2. The van der Waals surface area contributed by atoms with Crippen LogP contribution in [-0.2, 0) is 10.9 Å². The molecule has 10 heteroatoms. The Hall–Kier alpha value is -2.88. The van der Waals surface area contributed by atoms with Crippen LogP contribution in [0.1, 0.15) is 59.5 Å². The Morgan fingerprint density at radius 2 is 1.81 bits per heavy atom. The lowest BCUT2D eigenvalue weighted by molar-refractivity contribution is -0.143. The third kappa shape index (κ3) is 5.48. The molecule has 0 radical (unpaired) electrons. The van der Waals surface area contributed by atoms with Crippen LogP contribution < -0.4 is 5.32 Å². The second-order valence-corrected chi connectivity index (χ2v) is 7.67. The molecule has 0 spiro atoms. The maximum absolute atomic E-state index is 13.6.